The SMILES string of the molecule is CCc1cc(C(=O)c2ccccc2Cl)c(NC(=O)CN2C(=O)c3ccccc3C2=O)s1. The van der Waals surface area contributed by atoms with Crippen molar-refractivity contribution >= 4 is 51.4 Å². The van der Waals surface area contributed by atoms with Gasteiger partial charge in [-0.05, 0) is 36.8 Å². The molecule has 0 saturated heterocycles. The average Bonchev–Trinajstić information content (AvgIpc) is 3.28. The van der Waals surface area contributed by atoms with E-state index in [-0.39, 0.29) is 16.9 Å². The fraction of sp³-hybridized carbons (Fsp3) is 0.130. The van der Waals surface area contributed by atoms with E-state index in [1.165, 1.54) is 11.3 Å². The van der Waals surface area contributed by atoms with Crippen LogP contribution < -0.4 is 5.32 Å². The van der Waals surface area contributed by atoms with E-state index < -0.39 is 24.3 Å². The molecule has 0 spiro atoms. The largest absolute Gasteiger partial charge is 0.316 e. The first-order valence-electron chi connectivity index (χ1n) is 9.57. The summed E-state index contributed by atoms with van der Waals surface area (Å²) in [6.07, 6.45) is 0.682. The van der Waals surface area contributed by atoms with E-state index in [2.05, 4.69) is 5.32 Å². The van der Waals surface area contributed by atoms with Gasteiger partial charge >= 0.3 is 0 Å². The molecule has 0 atom stereocenters. The molecule has 0 aliphatic carbocycles. The Balaban J connectivity index is 1.56. The summed E-state index contributed by atoms with van der Waals surface area (Å²) in [7, 11) is 0. The van der Waals surface area contributed by atoms with Crippen molar-refractivity contribution < 1.29 is 19.2 Å². The standard InChI is InChI=1S/C23H17ClN2O4S/c1-2-13-11-17(20(28)16-9-5-6-10-18(16)24)21(31-13)25-19(27)12-26-22(29)14-7-3-4-8-15(14)23(26)30/h3-11H,2,12H2,1H3,(H,25,27). The highest BCUT2D eigenvalue weighted by atomic mass is 35.5. The van der Waals surface area contributed by atoms with Crippen molar-refractivity contribution in [2.24, 2.45) is 0 Å². The zero-order chi connectivity index (χ0) is 22.1. The number of ketones is 1. The van der Waals surface area contributed by atoms with Gasteiger partial charge in [0.05, 0.1) is 21.7 Å². The first-order valence-corrected chi connectivity index (χ1v) is 10.8. The molecule has 8 heteroatoms. The van der Waals surface area contributed by atoms with Crippen molar-refractivity contribution in [3.63, 3.8) is 0 Å². The molecule has 0 fully saturated rings. The number of hydrogen-bond donors (Lipinski definition) is 1. The molecule has 0 bridgehead atoms. The van der Waals surface area contributed by atoms with Gasteiger partial charge in [-0.25, -0.2) is 0 Å². The molecule has 3 aromatic rings. The predicted octanol–water partition coefficient (Wildman–Crippen LogP) is 4.43. The van der Waals surface area contributed by atoms with Crippen LogP contribution in [0.15, 0.2) is 54.6 Å². The van der Waals surface area contributed by atoms with Gasteiger partial charge < -0.3 is 5.32 Å². The topological polar surface area (TPSA) is 83.6 Å². The van der Waals surface area contributed by atoms with Gasteiger partial charge in [-0.1, -0.05) is 42.8 Å². The Morgan fingerprint density at radius 1 is 0.968 bits per heavy atom. The third-order valence-electron chi connectivity index (χ3n) is 4.93. The molecular weight excluding hydrogens is 436 g/mol. The Hall–Kier alpha value is -3.29. The molecule has 4 rings (SSSR count). The van der Waals surface area contributed by atoms with E-state index in [9.17, 15) is 19.2 Å². The van der Waals surface area contributed by atoms with Crippen LogP contribution in [0.2, 0.25) is 5.02 Å². The van der Waals surface area contributed by atoms with Gasteiger partial charge in [-0.3, -0.25) is 24.1 Å². The molecule has 3 amide bonds. The van der Waals surface area contributed by atoms with E-state index in [1.54, 1.807) is 54.6 Å². The van der Waals surface area contributed by atoms with E-state index in [4.69, 9.17) is 11.6 Å². The Kier molecular flexibility index (Phi) is 5.71. The summed E-state index contributed by atoms with van der Waals surface area (Å²) in [5.74, 6) is -1.89. The summed E-state index contributed by atoms with van der Waals surface area (Å²) in [4.78, 5) is 52.6. The maximum absolute atomic E-state index is 13.0. The lowest BCUT2D eigenvalue weighted by Gasteiger charge is -2.13. The third kappa shape index (κ3) is 3.89. The molecule has 0 radical (unpaired) electrons. The maximum atomic E-state index is 13.0. The number of nitrogens with one attached hydrogen (secondary N) is 1. The Labute approximate surface area is 187 Å². The molecule has 2 aromatic carbocycles. The normalized spacial score (nSPS) is 12.8. The summed E-state index contributed by atoms with van der Waals surface area (Å²) in [6, 6.07) is 14.9. The van der Waals surface area contributed by atoms with Crippen molar-refractivity contribution in [1.29, 1.82) is 0 Å². The van der Waals surface area contributed by atoms with Gasteiger partial charge in [0, 0.05) is 10.4 Å². The van der Waals surface area contributed by atoms with E-state index in [0.717, 1.165) is 9.78 Å². The molecule has 156 valence electrons. The molecule has 1 aliphatic rings. The van der Waals surface area contributed by atoms with Crippen LogP contribution in [-0.2, 0) is 11.2 Å². The number of carbonyl (C=O) groups excluding carboxylic acids is 4. The number of halogens is 1. The van der Waals surface area contributed by atoms with Crippen LogP contribution in [0.3, 0.4) is 0 Å². The number of thiophene rings is 1. The van der Waals surface area contributed by atoms with Crippen molar-refractivity contribution in [1.82, 2.24) is 4.90 Å². The summed E-state index contributed by atoms with van der Waals surface area (Å²) in [5, 5.41) is 3.38. The second-order valence-corrected chi connectivity index (χ2v) is 8.45. The third-order valence-corrected chi connectivity index (χ3v) is 6.45. The molecule has 1 aliphatic heterocycles. The first-order chi connectivity index (χ1) is 14.9. The number of carbonyl (C=O) groups is 4. The van der Waals surface area contributed by atoms with E-state index in [0.29, 0.717) is 27.6 Å². The molecule has 0 unspecified atom stereocenters. The minimum absolute atomic E-state index is 0.277. The number of fused-ring (bicyclic) bond motifs is 1. The maximum Gasteiger partial charge on any atom is 0.262 e. The summed E-state index contributed by atoms with van der Waals surface area (Å²) >= 11 is 7.45. The van der Waals surface area contributed by atoms with Gasteiger partial charge in [0.25, 0.3) is 11.8 Å². The highest BCUT2D eigenvalue weighted by molar-refractivity contribution is 7.16. The fourth-order valence-electron chi connectivity index (χ4n) is 3.36. The van der Waals surface area contributed by atoms with Crippen molar-refractivity contribution in [2.45, 2.75) is 13.3 Å². The Morgan fingerprint density at radius 3 is 2.19 bits per heavy atom. The lowest BCUT2D eigenvalue weighted by molar-refractivity contribution is -0.116. The molecule has 31 heavy (non-hydrogen) atoms. The van der Waals surface area contributed by atoms with Gasteiger partial charge in [0.1, 0.15) is 11.5 Å². The number of anilines is 1. The lowest BCUT2D eigenvalue weighted by atomic mass is 10.0. The number of aryl methyl sites for hydroxylation is 1. The van der Waals surface area contributed by atoms with Crippen LogP contribution in [0, 0.1) is 0 Å². The second kappa shape index (κ2) is 8.45. The monoisotopic (exact) mass is 452 g/mol. The van der Waals surface area contributed by atoms with Crippen molar-refractivity contribution in [2.75, 3.05) is 11.9 Å². The number of amides is 3. The fourth-order valence-corrected chi connectivity index (χ4v) is 4.59. The van der Waals surface area contributed by atoms with Crippen LogP contribution in [0.25, 0.3) is 0 Å². The number of benzene rings is 2. The summed E-state index contributed by atoms with van der Waals surface area (Å²) in [5.41, 5.74) is 1.21. The van der Waals surface area contributed by atoms with Crippen molar-refractivity contribution in [3.8, 4) is 0 Å². The van der Waals surface area contributed by atoms with Crippen LogP contribution in [0.4, 0.5) is 5.00 Å². The van der Waals surface area contributed by atoms with Gasteiger partial charge in [-0.2, -0.15) is 0 Å². The molecule has 1 N–H and O–H groups in total. The minimum Gasteiger partial charge on any atom is -0.316 e. The van der Waals surface area contributed by atoms with Crippen LogP contribution in [-0.4, -0.2) is 34.9 Å². The number of rotatable bonds is 6. The lowest BCUT2D eigenvalue weighted by Crippen LogP contribution is -2.37. The molecule has 2 heterocycles. The number of imide groups is 1. The van der Waals surface area contributed by atoms with Crippen molar-refractivity contribution in [3.05, 3.63) is 86.8 Å². The Morgan fingerprint density at radius 2 is 1.58 bits per heavy atom. The number of nitrogens with zero attached hydrogens (tertiary/aromatic N) is 1. The van der Waals surface area contributed by atoms with Crippen LogP contribution >= 0.6 is 22.9 Å². The Bertz CT molecular complexity index is 1200. The molecule has 1 aromatic heterocycles. The highest BCUT2D eigenvalue weighted by Crippen LogP contribution is 2.32. The second-order valence-electron chi connectivity index (χ2n) is 6.91. The van der Waals surface area contributed by atoms with Crippen LogP contribution in [0.1, 0.15) is 48.4 Å². The smallest absolute Gasteiger partial charge is 0.262 e. The molecule has 0 saturated carbocycles. The quantitative estimate of drug-likeness (QED) is 0.443. The summed E-state index contributed by atoms with van der Waals surface area (Å²) < 4.78 is 0. The van der Waals surface area contributed by atoms with E-state index in [1.807, 2.05) is 6.92 Å². The van der Waals surface area contributed by atoms with Gasteiger partial charge in [0.15, 0.2) is 5.78 Å². The average molecular weight is 453 g/mol. The number of hydrogen-bond acceptors (Lipinski definition) is 5. The van der Waals surface area contributed by atoms with Gasteiger partial charge in [0.2, 0.25) is 5.91 Å². The molecular formula is C23H17ClN2O4S. The predicted molar refractivity (Wildman–Crippen MR) is 119 cm³/mol. The minimum atomic E-state index is -0.563. The zero-order valence-electron chi connectivity index (χ0n) is 16.5. The zero-order valence-corrected chi connectivity index (χ0v) is 18.0. The van der Waals surface area contributed by atoms with E-state index >= 15 is 0 Å². The highest BCUT2D eigenvalue weighted by Gasteiger charge is 2.36. The summed E-state index contributed by atoms with van der Waals surface area (Å²) in [6.45, 7) is 1.51. The molecule has 6 nitrogen and oxygen atoms in total. The van der Waals surface area contributed by atoms with Gasteiger partial charge in [-0.15, -0.1) is 11.3 Å². The first kappa shape index (κ1) is 21.0. The van der Waals surface area contributed by atoms with Crippen LogP contribution in [0.5, 0.6) is 0 Å².